The second-order valence-corrected chi connectivity index (χ2v) is 8.66. The summed E-state index contributed by atoms with van der Waals surface area (Å²) in [6.07, 6.45) is 5.37. The van der Waals surface area contributed by atoms with E-state index in [-0.39, 0.29) is 41.1 Å². The first-order valence-corrected chi connectivity index (χ1v) is 11.3. The van der Waals surface area contributed by atoms with Crippen molar-refractivity contribution in [3.8, 4) is 11.8 Å². The lowest BCUT2D eigenvalue weighted by molar-refractivity contribution is -0.117. The Morgan fingerprint density at radius 3 is 2.86 bits per heavy atom. The van der Waals surface area contributed by atoms with Crippen molar-refractivity contribution < 1.29 is 18.4 Å². The molecule has 3 aromatic heterocycles. The van der Waals surface area contributed by atoms with E-state index in [4.69, 9.17) is 8.85 Å². The Labute approximate surface area is 206 Å². The third kappa shape index (κ3) is 4.59. The number of hydrogen-bond acceptors (Lipinski definition) is 8. The van der Waals surface area contributed by atoms with Crippen molar-refractivity contribution >= 4 is 34.5 Å². The highest BCUT2D eigenvalue weighted by Gasteiger charge is 2.39. The van der Waals surface area contributed by atoms with E-state index >= 15 is 0 Å². The van der Waals surface area contributed by atoms with Crippen molar-refractivity contribution in [3.63, 3.8) is 0 Å². The Morgan fingerprint density at radius 2 is 2.11 bits per heavy atom. The van der Waals surface area contributed by atoms with E-state index in [1.807, 2.05) is 6.92 Å². The fourth-order valence-corrected chi connectivity index (χ4v) is 3.92. The number of carbonyl (C=O) groups is 2. The van der Waals surface area contributed by atoms with Crippen molar-refractivity contribution in [2.24, 2.45) is 11.8 Å². The fraction of sp³-hybridized carbons (Fsp3) is 0.417. The number of aromatic nitrogens is 5. The highest BCUT2D eigenvalue weighted by Crippen LogP contribution is 2.38. The molecule has 1 saturated carbocycles. The molecular weight excluding hydrogens is 448 g/mol. The number of rotatable bonds is 5. The van der Waals surface area contributed by atoms with Crippen molar-refractivity contribution in [2.75, 3.05) is 37.3 Å². The molecule has 0 spiro atoms. The zero-order chi connectivity index (χ0) is 27.0. The van der Waals surface area contributed by atoms with Crippen molar-refractivity contribution in [1.82, 2.24) is 29.9 Å². The van der Waals surface area contributed by atoms with Crippen molar-refractivity contribution in [2.45, 2.75) is 26.3 Å². The third-order valence-corrected chi connectivity index (χ3v) is 6.15. The molecule has 11 heteroatoms. The van der Waals surface area contributed by atoms with Gasteiger partial charge in [0.05, 0.1) is 30.0 Å². The normalized spacial score (nSPS) is 20.5. The molecule has 2 fully saturated rings. The number of nitrogens with zero attached hydrogens (tertiary/aromatic N) is 6. The maximum absolute atomic E-state index is 12.4. The number of fused-ring (bicyclic) bond motifs is 1. The zero-order valence-electron chi connectivity index (χ0n) is 22.3. The highest BCUT2D eigenvalue weighted by molar-refractivity contribution is 5.97. The Balaban J connectivity index is 1.39. The summed E-state index contributed by atoms with van der Waals surface area (Å²) in [5, 5.41) is 18.2. The molecule has 5 rings (SSSR count). The standard InChI is InChI=1S/C24H26N8O3/c1-4-35-24(34)31-12-17(13-31)32-11-15(9-27-32)5-6-16-10-26-22(25-3)21-19(16)8-20(29-30-21)28-23(33)18-7-14(18)2/h8-11,14,17-18H,4,7,12-13H2,1-3H3,(H,25,26)(H,28,29,33)/t14-,18+/m1/s1/i3D3. The van der Waals surface area contributed by atoms with E-state index in [2.05, 4.69) is 42.8 Å². The number of carbonyl (C=O) groups excluding carboxylic acids is 2. The van der Waals surface area contributed by atoms with E-state index < -0.39 is 6.98 Å². The second-order valence-electron chi connectivity index (χ2n) is 8.66. The second kappa shape index (κ2) is 9.21. The van der Waals surface area contributed by atoms with Gasteiger partial charge in [0.1, 0.15) is 5.52 Å². The summed E-state index contributed by atoms with van der Waals surface area (Å²) in [5.74, 6) is 6.54. The topological polar surface area (TPSA) is 127 Å². The van der Waals surface area contributed by atoms with Crippen molar-refractivity contribution in [3.05, 3.63) is 35.8 Å². The molecule has 2 atom stereocenters. The molecule has 35 heavy (non-hydrogen) atoms. The maximum atomic E-state index is 12.4. The molecule has 0 unspecified atom stereocenters. The van der Waals surface area contributed by atoms with E-state index in [1.54, 1.807) is 35.0 Å². The van der Waals surface area contributed by atoms with Gasteiger partial charge in [-0.2, -0.15) is 5.10 Å². The minimum atomic E-state index is -2.48. The molecule has 4 heterocycles. The Bertz CT molecular complexity index is 1460. The number of amides is 2. The Morgan fingerprint density at radius 1 is 1.29 bits per heavy atom. The summed E-state index contributed by atoms with van der Waals surface area (Å²) >= 11 is 0. The van der Waals surface area contributed by atoms with Crippen LogP contribution in [0.4, 0.5) is 16.4 Å². The fourth-order valence-electron chi connectivity index (χ4n) is 3.92. The number of ether oxygens (including phenoxy) is 1. The van der Waals surface area contributed by atoms with Crippen LogP contribution in [0.15, 0.2) is 24.7 Å². The molecule has 2 N–H and O–H groups in total. The lowest BCUT2D eigenvalue weighted by Gasteiger charge is -2.38. The van der Waals surface area contributed by atoms with Gasteiger partial charge in [-0.1, -0.05) is 18.8 Å². The molecule has 0 radical (unpaired) electrons. The number of hydrogen-bond donors (Lipinski definition) is 2. The summed E-state index contributed by atoms with van der Waals surface area (Å²) in [6.45, 7) is 2.63. The lowest BCUT2D eigenvalue weighted by Crippen LogP contribution is -2.51. The van der Waals surface area contributed by atoms with Gasteiger partial charge < -0.3 is 20.3 Å². The van der Waals surface area contributed by atoms with E-state index in [0.29, 0.717) is 42.1 Å². The summed E-state index contributed by atoms with van der Waals surface area (Å²) in [4.78, 5) is 30.0. The smallest absolute Gasteiger partial charge is 0.409 e. The van der Waals surface area contributed by atoms with Crippen molar-refractivity contribution in [1.29, 1.82) is 0 Å². The van der Waals surface area contributed by atoms with Crippen LogP contribution in [0.3, 0.4) is 0 Å². The average molecular weight is 478 g/mol. The molecule has 3 aromatic rings. The lowest BCUT2D eigenvalue weighted by atomic mass is 10.1. The molecule has 0 aromatic carbocycles. The minimum absolute atomic E-state index is 0.0377. The summed E-state index contributed by atoms with van der Waals surface area (Å²) < 4.78 is 29.3. The van der Waals surface area contributed by atoms with Crippen LogP contribution in [0.2, 0.25) is 0 Å². The SMILES string of the molecule is [2H]C([2H])([2H])Nc1ncc(C#Cc2cnn(C3CN(C(=O)OCC)C3)c2)c2cc(NC(=O)[C@H]3C[C@H]3C)nnc12. The van der Waals surface area contributed by atoms with Crippen LogP contribution >= 0.6 is 0 Å². The molecule has 180 valence electrons. The number of nitrogens with one attached hydrogen (secondary N) is 2. The minimum Gasteiger partial charge on any atom is -0.450 e. The molecule has 1 aliphatic carbocycles. The van der Waals surface area contributed by atoms with Crippen LogP contribution in [0.1, 0.15) is 41.5 Å². The summed E-state index contributed by atoms with van der Waals surface area (Å²) in [7, 11) is 0. The molecule has 1 aliphatic heterocycles. The van der Waals surface area contributed by atoms with Gasteiger partial charge in [-0.3, -0.25) is 9.48 Å². The predicted octanol–water partition coefficient (Wildman–Crippen LogP) is 2.27. The molecule has 2 amide bonds. The van der Waals surface area contributed by atoms with Gasteiger partial charge in [0.25, 0.3) is 0 Å². The quantitative estimate of drug-likeness (QED) is 0.536. The number of likely N-dealkylation sites (tertiary alicyclic amines) is 1. The van der Waals surface area contributed by atoms with Crippen LogP contribution < -0.4 is 10.6 Å². The third-order valence-electron chi connectivity index (χ3n) is 6.15. The average Bonchev–Trinajstić information content (AvgIpc) is 3.38. The van der Waals surface area contributed by atoms with Gasteiger partial charge in [0.2, 0.25) is 5.91 Å². The number of pyridine rings is 1. The molecule has 11 nitrogen and oxygen atoms in total. The van der Waals surface area contributed by atoms with Crippen LogP contribution in [0, 0.1) is 23.7 Å². The first kappa shape index (κ1) is 19.1. The zero-order valence-corrected chi connectivity index (χ0v) is 19.3. The predicted molar refractivity (Wildman–Crippen MR) is 129 cm³/mol. The first-order chi connectivity index (χ1) is 18.1. The van der Waals surface area contributed by atoms with E-state index in [9.17, 15) is 9.59 Å². The largest absolute Gasteiger partial charge is 0.450 e. The number of anilines is 2. The summed E-state index contributed by atoms with van der Waals surface area (Å²) in [6, 6.07) is 1.66. The van der Waals surface area contributed by atoms with Crippen LogP contribution in [0.25, 0.3) is 10.9 Å². The molecule has 1 saturated heterocycles. The van der Waals surface area contributed by atoms with Gasteiger partial charge >= 0.3 is 6.09 Å². The maximum Gasteiger partial charge on any atom is 0.409 e. The van der Waals surface area contributed by atoms with Crippen LogP contribution in [-0.2, 0) is 9.53 Å². The van der Waals surface area contributed by atoms with E-state index in [0.717, 1.165) is 6.42 Å². The molecule has 2 aliphatic rings. The summed E-state index contributed by atoms with van der Waals surface area (Å²) in [5.41, 5.74) is 1.34. The van der Waals surface area contributed by atoms with Crippen LogP contribution in [-0.4, -0.2) is 68.5 Å². The molecule has 0 bridgehead atoms. The first-order valence-electron chi connectivity index (χ1n) is 12.8. The highest BCUT2D eigenvalue weighted by atomic mass is 16.6. The monoisotopic (exact) mass is 477 g/mol. The van der Waals surface area contributed by atoms with Gasteiger partial charge in [0.15, 0.2) is 11.6 Å². The Hall–Kier alpha value is -4.20. The van der Waals surface area contributed by atoms with Gasteiger partial charge in [-0.05, 0) is 25.3 Å². The van der Waals surface area contributed by atoms with E-state index in [1.165, 1.54) is 6.20 Å². The van der Waals surface area contributed by atoms with Crippen LogP contribution in [0.5, 0.6) is 0 Å². The van der Waals surface area contributed by atoms with Gasteiger partial charge in [-0.15, -0.1) is 10.2 Å². The van der Waals surface area contributed by atoms with Gasteiger partial charge in [-0.25, -0.2) is 9.78 Å². The Kier molecular flexibility index (Phi) is 5.04. The van der Waals surface area contributed by atoms with Gasteiger partial charge in [0, 0.05) is 47.9 Å². The molecular formula is C24H26N8O3.